The minimum atomic E-state index is -1.85. The highest BCUT2D eigenvalue weighted by Crippen LogP contribution is 2.03. The predicted molar refractivity (Wildman–Crippen MR) is 124 cm³/mol. The first-order valence-corrected chi connectivity index (χ1v) is 17.7. The molecule has 12 heteroatoms. The molecule has 0 aromatic rings. The summed E-state index contributed by atoms with van der Waals surface area (Å²) in [6.45, 7) is 15.7. The fourth-order valence-corrected chi connectivity index (χ4v) is 3.53. The first-order chi connectivity index (χ1) is 15.0. The zero-order valence-electron chi connectivity index (χ0n) is 20.6. The van der Waals surface area contributed by atoms with Gasteiger partial charge in [0.25, 0.3) is 0 Å². The standard InChI is InChI=1S/C20H42O10Si2/c1-31(2,3)29-19(21)17-27-15-13-25-11-9-23-7-8-24-10-12-26-14-16-28-18-20(22)30-32(4,5)6/h7-18H2,1-6H3. The number of ether oxygens (including phenoxy) is 6. The number of hydrogen-bond acceptors (Lipinski definition) is 10. The van der Waals surface area contributed by atoms with Crippen LogP contribution in [0.1, 0.15) is 0 Å². The van der Waals surface area contributed by atoms with Crippen LogP contribution < -0.4 is 0 Å². The first kappa shape index (κ1) is 31.1. The summed E-state index contributed by atoms with van der Waals surface area (Å²) in [6.07, 6.45) is 0. The number of rotatable bonds is 21. The summed E-state index contributed by atoms with van der Waals surface area (Å²) in [6, 6.07) is 0. The summed E-state index contributed by atoms with van der Waals surface area (Å²) >= 11 is 0. The fourth-order valence-electron chi connectivity index (χ4n) is 2.05. The normalized spacial score (nSPS) is 12.1. The number of hydrogen-bond donors (Lipinski definition) is 0. The SMILES string of the molecule is C[Si](C)(C)OC(=O)COCCOCCOCCOCCOCCOCC(=O)O[Si](C)(C)C. The molecule has 0 N–H and O–H groups in total. The zero-order chi connectivity index (χ0) is 24.3. The lowest BCUT2D eigenvalue weighted by Crippen LogP contribution is -2.31. The van der Waals surface area contributed by atoms with Gasteiger partial charge in [-0.05, 0) is 39.3 Å². The number of carbonyl (C=O) groups excluding carboxylic acids is 2. The van der Waals surface area contributed by atoms with Crippen LogP contribution in [0, 0.1) is 0 Å². The third-order valence-electron chi connectivity index (χ3n) is 3.14. The second-order valence-electron chi connectivity index (χ2n) is 8.73. The molecule has 0 saturated carbocycles. The van der Waals surface area contributed by atoms with Crippen molar-refractivity contribution in [2.24, 2.45) is 0 Å². The molecule has 0 fully saturated rings. The molecule has 0 heterocycles. The van der Waals surface area contributed by atoms with Crippen LogP contribution in [0.15, 0.2) is 0 Å². The van der Waals surface area contributed by atoms with Gasteiger partial charge in [-0.25, -0.2) is 0 Å². The van der Waals surface area contributed by atoms with Gasteiger partial charge in [0.1, 0.15) is 13.2 Å². The van der Waals surface area contributed by atoms with Crippen molar-refractivity contribution in [2.75, 3.05) is 79.3 Å². The average molecular weight is 499 g/mol. The zero-order valence-corrected chi connectivity index (χ0v) is 22.6. The second-order valence-corrected chi connectivity index (χ2v) is 17.6. The minimum Gasteiger partial charge on any atom is -0.518 e. The van der Waals surface area contributed by atoms with E-state index in [4.69, 9.17) is 37.3 Å². The summed E-state index contributed by atoms with van der Waals surface area (Å²) in [5.41, 5.74) is 0. The molecule has 0 bridgehead atoms. The van der Waals surface area contributed by atoms with Crippen molar-refractivity contribution in [1.29, 1.82) is 0 Å². The van der Waals surface area contributed by atoms with E-state index in [1.807, 2.05) is 39.3 Å². The molecule has 0 saturated heterocycles. The molecule has 0 spiro atoms. The Morgan fingerprint density at radius 2 is 0.656 bits per heavy atom. The van der Waals surface area contributed by atoms with E-state index >= 15 is 0 Å². The van der Waals surface area contributed by atoms with Gasteiger partial charge >= 0.3 is 11.9 Å². The Morgan fingerprint density at radius 1 is 0.438 bits per heavy atom. The number of carbonyl (C=O) groups is 2. The Labute approximate surface area is 194 Å². The van der Waals surface area contributed by atoms with Gasteiger partial charge in [0.2, 0.25) is 16.6 Å². The molecule has 10 nitrogen and oxygen atoms in total. The molecule has 0 aromatic heterocycles. The topological polar surface area (TPSA) is 108 Å². The lowest BCUT2D eigenvalue weighted by molar-refractivity contribution is -0.141. The van der Waals surface area contributed by atoms with Crippen molar-refractivity contribution in [3.05, 3.63) is 0 Å². The van der Waals surface area contributed by atoms with E-state index in [1.54, 1.807) is 0 Å². The van der Waals surface area contributed by atoms with E-state index in [-0.39, 0.29) is 25.2 Å². The van der Waals surface area contributed by atoms with Crippen LogP contribution in [0.5, 0.6) is 0 Å². The molecule has 0 radical (unpaired) electrons. The monoisotopic (exact) mass is 498 g/mol. The van der Waals surface area contributed by atoms with E-state index < -0.39 is 16.6 Å². The molecule has 190 valence electrons. The Kier molecular flexibility index (Phi) is 18.0. The van der Waals surface area contributed by atoms with E-state index in [2.05, 4.69) is 0 Å². The quantitative estimate of drug-likeness (QED) is 0.172. The summed E-state index contributed by atoms with van der Waals surface area (Å²) in [5.74, 6) is -0.656. The van der Waals surface area contributed by atoms with Crippen LogP contribution >= 0.6 is 0 Å². The van der Waals surface area contributed by atoms with Crippen molar-refractivity contribution in [1.82, 2.24) is 0 Å². The maximum atomic E-state index is 11.5. The smallest absolute Gasteiger partial charge is 0.318 e. The molecule has 0 amide bonds. The van der Waals surface area contributed by atoms with Crippen LogP contribution in [0.25, 0.3) is 0 Å². The van der Waals surface area contributed by atoms with Crippen molar-refractivity contribution in [3.8, 4) is 0 Å². The van der Waals surface area contributed by atoms with Gasteiger partial charge in [-0.1, -0.05) is 0 Å². The van der Waals surface area contributed by atoms with Crippen molar-refractivity contribution in [2.45, 2.75) is 39.3 Å². The van der Waals surface area contributed by atoms with E-state index in [1.165, 1.54) is 0 Å². The Balaban J connectivity index is 3.23. The molecule has 0 aliphatic carbocycles. The molecule has 0 aliphatic rings. The van der Waals surface area contributed by atoms with Crippen LogP contribution in [-0.4, -0.2) is 108 Å². The van der Waals surface area contributed by atoms with Gasteiger partial charge in [0.05, 0.1) is 66.1 Å². The van der Waals surface area contributed by atoms with Gasteiger partial charge in [-0.3, -0.25) is 9.59 Å². The van der Waals surface area contributed by atoms with Crippen molar-refractivity contribution < 1.29 is 46.9 Å². The summed E-state index contributed by atoms with van der Waals surface area (Å²) in [7, 11) is -3.71. The van der Waals surface area contributed by atoms with Gasteiger partial charge in [0.15, 0.2) is 0 Å². The summed E-state index contributed by atoms with van der Waals surface area (Å²) < 4.78 is 42.4. The van der Waals surface area contributed by atoms with E-state index in [0.717, 1.165) is 0 Å². The summed E-state index contributed by atoms with van der Waals surface area (Å²) in [5, 5.41) is 0. The highest BCUT2D eigenvalue weighted by atomic mass is 28.4. The lowest BCUT2D eigenvalue weighted by Gasteiger charge is -2.17. The summed E-state index contributed by atoms with van der Waals surface area (Å²) in [4.78, 5) is 22.9. The lowest BCUT2D eigenvalue weighted by atomic mass is 10.6. The molecular weight excluding hydrogens is 456 g/mol. The predicted octanol–water partition coefficient (Wildman–Crippen LogP) is 1.84. The molecule has 0 atom stereocenters. The third kappa shape index (κ3) is 25.4. The largest absolute Gasteiger partial charge is 0.518 e. The van der Waals surface area contributed by atoms with Gasteiger partial charge < -0.3 is 37.3 Å². The average Bonchev–Trinajstić information content (AvgIpc) is 2.64. The van der Waals surface area contributed by atoms with Crippen LogP contribution in [-0.2, 0) is 46.9 Å². The highest BCUT2D eigenvalue weighted by Gasteiger charge is 2.20. The Bertz CT molecular complexity index is 448. The van der Waals surface area contributed by atoms with Crippen LogP contribution in [0.4, 0.5) is 0 Å². The Morgan fingerprint density at radius 3 is 0.875 bits per heavy atom. The van der Waals surface area contributed by atoms with Crippen molar-refractivity contribution >= 4 is 28.6 Å². The third-order valence-corrected chi connectivity index (χ3v) is 4.82. The minimum absolute atomic E-state index is 0.0500. The first-order valence-electron chi connectivity index (χ1n) is 10.9. The van der Waals surface area contributed by atoms with Crippen LogP contribution in [0.3, 0.4) is 0 Å². The van der Waals surface area contributed by atoms with Gasteiger partial charge in [-0.15, -0.1) is 0 Å². The van der Waals surface area contributed by atoms with Crippen molar-refractivity contribution in [3.63, 3.8) is 0 Å². The molecule has 0 aromatic carbocycles. The molecule has 0 rings (SSSR count). The molecule has 0 unspecified atom stereocenters. The molecule has 0 aliphatic heterocycles. The maximum absolute atomic E-state index is 11.5. The van der Waals surface area contributed by atoms with Gasteiger partial charge in [0, 0.05) is 0 Å². The fraction of sp³-hybridized carbons (Fsp3) is 0.900. The maximum Gasteiger partial charge on any atom is 0.318 e. The second kappa shape index (κ2) is 18.5. The highest BCUT2D eigenvalue weighted by molar-refractivity contribution is 6.71. The van der Waals surface area contributed by atoms with E-state index in [0.29, 0.717) is 66.1 Å². The molecule has 32 heavy (non-hydrogen) atoms. The Hall–Kier alpha value is -0.866. The van der Waals surface area contributed by atoms with Crippen LogP contribution in [0.2, 0.25) is 39.3 Å². The van der Waals surface area contributed by atoms with E-state index in [9.17, 15) is 9.59 Å². The molecular formula is C20H42O10Si2. The van der Waals surface area contributed by atoms with Gasteiger partial charge in [-0.2, -0.15) is 0 Å².